The molecular weight excluding hydrogens is 374 g/mol. The number of amides is 2. The van der Waals surface area contributed by atoms with E-state index in [-0.39, 0.29) is 27.0 Å². The summed E-state index contributed by atoms with van der Waals surface area (Å²) in [5.41, 5.74) is -0.258. The molecule has 1 aromatic carbocycles. The van der Waals surface area contributed by atoms with Crippen molar-refractivity contribution in [2.24, 2.45) is 0 Å². The van der Waals surface area contributed by atoms with Gasteiger partial charge >= 0.3 is 12.0 Å². The van der Waals surface area contributed by atoms with Crippen molar-refractivity contribution in [3.05, 3.63) is 43.6 Å². The number of carbonyl (C=O) groups is 2. The molecule has 0 spiro atoms. The fourth-order valence-corrected chi connectivity index (χ4v) is 2.69. The van der Waals surface area contributed by atoms with E-state index in [2.05, 4.69) is 31.3 Å². The van der Waals surface area contributed by atoms with Crippen molar-refractivity contribution >= 4 is 33.6 Å². The molecule has 1 aliphatic rings. The molecule has 0 fully saturated rings. The van der Waals surface area contributed by atoms with Gasteiger partial charge in [0.25, 0.3) is 5.69 Å². The Kier molecular flexibility index (Phi) is 4.55. The van der Waals surface area contributed by atoms with Crippen LogP contribution in [0, 0.1) is 10.1 Å². The van der Waals surface area contributed by atoms with Crippen LogP contribution in [0.1, 0.15) is 18.5 Å². The SMILES string of the molecule is COC(=O)C1=C(C)NC(=O)N[C@H]1c1cc([N+](=O)[O-])cc(Br)c1[O-]. The standard InChI is InChI=1S/C13H12BrN3O6/c1-5-9(12(19)23-2)10(16-13(20)15-5)7-3-6(17(21)22)4-8(14)11(7)18/h3-4,10,18H,1-2H3,(H2,15,16,20)/p-1/t10-/m0/s1. The Balaban J connectivity index is 2.67. The Morgan fingerprint density at radius 3 is 2.65 bits per heavy atom. The van der Waals surface area contributed by atoms with Crippen LogP contribution in [0.25, 0.3) is 0 Å². The number of allylic oxidation sites excluding steroid dienone is 1. The first-order chi connectivity index (χ1) is 10.8. The molecule has 1 aliphatic heterocycles. The Hall–Kier alpha value is -2.62. The third kappa shape index (κ3) is 3.11. The Morgan fingerprint density at radius 1 is 1.43 bits per heavy atom. The minimum absolute atomic E-state index is 0.00315. The zero-order valence-corrected chi connectivity index (χ0v) is 13.6. The van der Waals surface area contributed by atoms with E-state index in [1.807, 2.05) is 0 Å². The molecule has 0 aromatic heterocycles. The molecular formula is C13H11BrN3O6-. The lowest BCUT2D eigenvalue weighted by Crippen LogP contribution is -2.45. The van der Waals surface area contributed by atoms with Crippen LogP contribution in [-0.4, -0.2) is 24.0 Å². The number of urea groups is 1. The van der Waals surface area contributed by atoms with E-state index in [4.69, 9.17) is 0 Å². The summed E-state index contributed by atoms with van der Waals surface area (Å²) in [6.45, 7) is 1.47. The average Bonchev–Trinajstić information content (AvgIpc) is 2.48. The number of nitro groups is 1. The van der Waals surface area contributed by atoms with E-state index in [0.717, 1.165) is 19.2 Å². The largest absolute Gasteiger partial charge is 0.871 e. The Morgan fingerprint density at radius 2 is 2.09 bits per heavy atom. The van der Waals surface area contributed by atoms with Crippen molar-refractivity contribution in [2.45, 2.75) is 13.0 Å². The summed E-state index contributed by atoms with van der Waals surface area (Å²) in [6.07, 6.45) is 0. The van der Waals surface area contributed by atoms with Gasteiger partial charge in [-0.1, -0.05) is 21.7 Å². The normalized spacial score (nSPS) is 17.3. The van der Waals surface area contributed by atoms with Crippen molar-refractivity contribution in [1.29, 1.82) is 0 Å². The highest BCUT2D eigenvalue weighted by molar-refractivity contribution is 9.10. The molecule has 9 nitrogen and oxygen atoms in total. The summed E-state index contributed by atoms with van der Waals surface area (Å²) in [5.74, 6) is -1.33. The van der Waals surface area contributed by atoms with Gasteiger partial charge < -0.3 is 20.5 Å². The molecule has 1 heterocycles. The van der Waals surface area contributed by atoms with Crippen molar-refractivity contribution in [3.63, 3.8) is 0 Å². The van der Waals surface area contributed by atoms with Gasteiger partial charge in [0.05, 0.1) is 23.6 Å². The molecule has 0 aliphatic carbocycles. The minimum Gasteiger partial charge on any atom is -0.871 e. The lowest BCUT2D eigenvalue weighted by atomic mass is 9.94. The van der Waals surface area contributed by atoms with E-state index in [9.17, 15) is 24.8 Å². The molecule has 10 heteroatoms. The van der Waals surface area contributed by atoms with Gasteiger partial charge in [-0.05, 0) is 12.5 Å². The van der Waals surface area contributed by atoms with E-state index in [0.29, 0.717) is 0 Å². The van der Waals surface area contributed by atoms with E-state index >= 15 is 0 Å². The predicted molar refractivity (Wildman–Crippen MR) is 79.4 cm³/mol. The van der Waals surface area contributed by atoms with Crippen LogP contribution in [0.5, 0.6) is 5.75 Å². The van der Waals surface area contributed by atoms with Gasteiger partial charge in [-0.15, -0.1) is 0 Å². The molecule has 0 bridgehead atoms. The molecule has 1 aromatic rings. The molecule has 23 heavy (non-hydrogen) atoms. The zero-order valence-electron chi connectivity index (χ0n) is 12.0. The number of nitrogens with zero attached hydrogens (tertiary/aromatic N) is 1. The first-order valence-corrected chi connectivity index (χ1v) is 7.07. The molecule has 2 N–H and O–H groups in total. The summed E-state index contributed by atoms with van der Waals surface area (Å²) in [5, 5.41) is 28.1. The second-order valence-corrected chi connectivity index (χ2v) is 5.52. The Bertz CT molecular complexity index is 745. The number of nitrogens with one attached hydrogen (secondary N) is 2. The lowest BCUT2D eigenvalue weighted by Gasteiger charge is -2.30. The smallest absolute Gasteiger partial charge is 0.337 e. The predicted octanol–water partition coefficient (Wildman–Crippen LogP) is 1.23. The van der Waals surface area contributed by atoms with Gasteiger partial charge in [0, 0.05) is 22.3 Å². The van der Waals surface area contributed by atoms with Crippen LogP contribution in [-0.2, 0) is 9.53 Å². The summed E-state index contributed by atoms with van der Waals surface area (Å²) in [4.78, 5) is 33.9. The van der Waals surface area contributed by atoms with Crippen LogP contribution in [0.4, 0.5) is 10.5 Å². The van der Waals surface area contributed by atoms with Gasteiger partial charge in [0.2, 0.25) is 0 Å². The first kappa shape index (κ1) is 16.7. The number of halogens is 1. The van der Waals surface area contributed by atoms with E-state index in [1.165, 1.54) is 6.92 Å². The van der Waals surface area contributed by atoms with Crippen molar-refractivity contribution < 1.29 is 24.4 Å². The topological polar surface area (TPSA) is 134 Å². The van der Waals surface area contributed by atoms with E-state index in [1.54, 1.807) is 0 Å². The average molecular weight is 385 g/mol. The number of esters is 1. The number of ether oxygens (including phenoxy) is 1. The number of nitro benzene ring substituents is 1. The van der Waals surface area contributed by atoms with Gasteiger partial charge in [0.1, 0.15) is 0 Å². The maximum absolute atomic E-state index is 12.3. The summed E-state index contributed by atoms with van der Waals surface area (Å²) in [6, 6.07) is 0.296. The maximum atomic E-state index is 12.3. The highest BCUT2D eigenvalue weighted by Gasteiger charge is 2.33. The summed E-state index contributed by atoms with van der Waals surface area (Å²) in [7, 11) is 1.15. The fourth-order valence-electron chi connectivity index (χ4n) is 2.23. The van der Waals surface area contributed by atoms with Crippen molar-refractivity contribution in [3.8, 4) is 5.75 Å². The van der Waals surface area contributed by atoms with Crippen molar-refractivity contribution in [1.82, 2.24) is 10.6 Å². The van der Waals surface area contributed by atoms with Crippen LogP contribution in [0.3, 0.4) is 0 Å². The van der Waals surface area contributed by atoms with Crippen LogP contribution in [0.15, 0.2) is 27.9 Å². The Labute approximate surface area is 138 Å². The second-order valence-electron chi connectivity index (χ2n) is 4.66. The number of rotatable bonds is 3. The number of hydrogen-bond donors (Lipinski definition) is 2. The molecule has 0 saturated carbocycles. The van der Waals surface area contributed by atoms with Crippen LogP contribution < -0.4 is 15.7 Å². The maximum Gasteiger partial charge on any atom is 0.337 e. The molecule has 1 atom stereocenters. The lowest BCUT2D eigenvalue weighted by molar-refractivity contribution is -0.385. The number of benzene rings is 1. The molecule has 2 amide bonds. The van der Waals surface area contributed by atoms with Gasteiger partial charge in [-0.25, -0.2) is 9.59 Å². The minimum atomic E-state index is -1.15. The molecule has 122 valence electrons. The summed E-state index contributed by atoms with van der Waals surface area (Å²) < 4.78 is 4.61. The van der Waals surface area contributed by atoms with Gasteiger partial charge in [0.15, 0.2) is 0 Å². The molecule has 0 saturated heterocycles. The zero-order chi connectivity index (χ0) is 17.3. The number of hydrogen-bond acceptors (Lipinski definition) is 6. The van der Waals surface area contributed by atoms with Crippen molar-refractivity contribution in [2.75, 3.05) is 7.11 Å². The highest BCUT2D eigenvalue weighted by atomic mass is 79.9. The molecule has 2 rings (SSSR count). The fraction of sp³-hybridized carbons (Fsp3) is 0.231. The van der Waals surface area contributed by atoms with Crippen LogP contribution >= 0.6 is 15.9 Å². The first-order valence-electron chi connectivity index (χ1n) is 6.27. The second kappa shape index (κ2) is 6.24. The number of methoxy groups -OCH3 is 1. The quantitative estimate of drug-likeness (QED) is 0.457. The van der Waals surface area contributed by atoms with E-state index < -0.39 is 28.7 Å². The molecule has 0 unspecified atom stereocenters. The van der Waals surface area contributed by atoms with Gasteiger partial charge in [-0.3, -0.25) is 10.1 Å². The third-order valence-corrected chi connectivity index (χ3v) is 3.84. The van der Waals surface area contributed by atoms with Crippen LogP contribution in [0.2, 0.25) is 0 Å². The number of carbonyl (C=O) groups excluding carboxylic acids is 2. The highest BCUT2D eigenvalue weighted by Crippen LogP contribution is 2.38. The summed E-state index contributed by atoms with van der Waals surface area (Å²) >= 11 is 2.96. The third-order valence-electron chi connectivity index (χ3n) is 3.25. The van der Waals surface area contributed by atoms with Gasteiger partial charge in [-0.2, -0.15) is 0 Å². The molecule has 0 radical (unpaired) electrons. The monoisotopic (exact) mass is 384 g/mol. The number of non-ortho nitro benzene ring substituents is 1.